The van der Waals surface area contributed by atoms with Crippen LogP contribution in [0.4, 0.5) is 0 Å². The summed E-state index contributed by atoms with van der Waals surface area (Å²) in [6.07, 6.45) is 0.609. The Kier molecular flexibility index (Phi) is 5.99. The van der Waals surface area contributed by atoms with Crippen LogP contribution >= 0.6 is 23.4 Å². The number of benzene rings is 1. The molecule has 0 spiro atoms. The van der Waals surface area contributed by atoms with Gasteiger partial charge in [0.2, 0.25) is 5.91 Å². The maximum Gasteiger partial charge on any atom is 0.230 e. The highest BCUT2D eigenvalue weighted by molar-refractivity contribution is 8.00. The van der Waals surface area contributed by atoms with Crippen LogP contribution in [-0.4, -0.2) is 28.9 Å². The molecule has 18 heavy (non-hydrogen) atoms. The zero-order valence-corrected chi connectivity index (χ0v) is 12.1. The lowest BCUT2D eigenvalue weighted by Crippen LogP contribution is -2.40. The van der Waals surface area contributed by atoms with E-state index in [2.05, 4.69) is 5.32 Å². The van der Waals surface area contributed by atoms with Gasteiger partial charge in [-0.15, -0.1) is 11.8 Å². The highest BCUT2D eigenvalue weighted by Gasteiger charge is 2.18. The van der Waals surface area contributed by atoms with Gasteiger partial charge in [0.25, 0.3) is 0 Å². The van der Waals surface area contributed by atoms with E-state index in [1.54, 1.807) is 19.1 Å². The van der Waals surface area contributed by atoms with Crippen LogP contribution in [-0.2, 0) is 4.79 Å². The van der Waals surface area contributed by atoms with Gasteiger partial charge in [-0.2, -0.15) is 0 Å². The Morgan fingerprint density at radius 2 is 2.06 bits per heavy atom. The minimum Gasteiger partial charge on any atom is -0.388 e. The van der Waals surface area contributed by atoms with Crippen molar-refractivity contribution >= 4 is 29.3 Å². The Labute approximate surface area is 117 Å². The number of carbonyl (C=O) groups is 1. The Balaban J connectivity index is 2.31. The van der Waals surface area contributed by atoms with Crippen LogP contribution in [0.25, 0.3) is 0 Å². The number of rotatable bonds is 6. The van der Waals surface area contributed by atoms with Gasteiger partial charge in [0.05, 0.1) is 11.4 Å². The van der Waals surface area contributed by atoms with E-state index in [1.165, 1.54) is 11.8 Å². The van der Waals surface area contributed by atoms with Crippen LogP contribution < -0.4 is 5.32 Å². The summed E-state index contributed by atoms with van der Waals surface area (Å²) >= 11 is 7.22. The van der Waals surface area contributed by atoms with Gasteiger partial charge in [-0.25, -0.2) is 0 Å². The first-order chi connectivity index (χ1) is 8.43. The molecule has 1 rings (SSSR count). The Hall–Kier alpha value is -0.710. The van der Waals surface area contributed by atoms with Crippen LogP contribution in [0.2, 0.25) is 5.02 Å². The summed E-state index contributed by atoms with van der Waals surface area (Å²) in [5.41, 5.74) is -0.833. The van der Waals surface area contributed by atoms with Gasteiger partial charge >= 0.3 is 0 Å². The number of aliphatic hydroxyl groups is 1. The minimum atomic E-state index is -0.833. The molecular weight excluding hydrogens is 270 g/mol. The van der Waals surface area contributed by atoms with Gasteiger partial charge in [-0.05, 0) is 37.6 Å². The van der Waals surface area contributed by atoms with Crippen LogP contribution in [0.3, 0.4) is 0 Å². The molecule has 100 valence electrons. The Morgan fingerprint density at radius 1 is 1.44 bits per heavy atom. The second-order valence-electron chi connectivity index (χ2n) is 4.37. The molecule has 1 aromatic rings. The summed E-state index contributed by atoms with van der Waals surface area (Å²) in [6, 6.07) is 7.35. The second kappa shape index (κ2) is 7.02. The van der Waals surface area contributed by atoms with E-state index in [-0.39, 0.29) is 12.5 Å². The average molecular weight is 288 g/mol. The van der Waals surface area contributed by atoms with Gasteiger partial charge < -0.3 is 10.4 Å². The normalized spacial score (nSPS) is 14.0. The molecule has 0 bridgehead atoms. The third kappa shape index (κ3) is 5.76. The lowest BCUT2D eigenvalue weighted by Gasteiger charge is -2.21. The first-order valence-electron chi connectivity index (χ1n) is 5.80. The fraction of sp³-hybridized carbons (Fsp3) is 0.462. The van der Waals surface area contributed by atoms with E-state index in [9.17, 15) is 9.90 Å². The number of carbonyl (C=O) groups excluding carboxylic acids is 1. The van der Waals surface area contributed by atoms with Gasteiger partial charge in [-0.3, -0.25) is 4.79 Å². The van der Waals surface area contributed by atoms with Crippen molar-refractivity contribution in [3.8, 4) is 0 Å². The highest BCUT2D eigenvalue weighted by atomic mass is 35.5. The van der Waals surface area contributed by atoms with E-state index in [1.807, 2.05) is 19.1 Å². The zero-order valence-electron chi connectivity index (χ0n) is 10.6. The number of amides is 1. The SMILES string of the molecule is CCC(C)(O)CNC(=O)CSc1ccc(Cl)cc1. The van der Waals surface area contributed by atoms with Crippen LogP contribution in [0, 0.1) is 0 Å². The molecule has 0 aliphatic carbocycles. The molecule has 2 N–H and O–H groups in total. The molecule has 0 fully saturated rings. The topological polar surface area (TPSA) is 49.3 Å². The first kappa shape index (κ1) is 15.3. The predicted molar refractivity (Wildman–Crippen MR) is 76.1 cm³/mol. The summed E-state index contributed by atoms with van der Waals surface area (Å²) < 4.78 is 0. The molecule has 0 saturated carbocycles. The summed E-state index contributed by atoms with van der Waals surface area (Å²) in [7, 11) is 0. The van der Waals surface area contributed by atoms with Crippen molar-refractivity contribution in [1.29, 1.82) is 0 Å². The highest BCUT2D eigenvalue weighted by Crippen LogP contribution is 2.20. The summed E-state index contributed by atoms with van der Waals surface area (Å²) in [5, 5.41) is 13.2. The van der Waals surface area contributed by atoms with E-state index in [0.29, 0.717) is 17.2 Å². The maximum absolute atomic E-state index is 11.6. The molecule has 1 unspecified atom stereocenters. The number of hydrogen-bond donors (Lipinski definition) is 2. The number of halogens is 1. The molecular formula is C13H18ClNO2S. The molecule has 0 heterocycles. The monoisotopic (exact) mass is 287 g/mol. The fourth-order valence-electron chi connectivity index (χ4n) is 1.14. The van der Waals surface area contributed by atoms with Crippen LogP contribution in [0.15, 0.2) is 29.2 Å². The van der Waals surface area contributed by atoms with Crippen molar-refractivity contribution < 1.29 is 9.90 Å². The lowest BCUT2D eigenvalue weighted by atomic mass is 10.0. The minimum absolute atomic E-state index is 0.0799. The molecule has 1 amide bonds. The van der Waals surface area contributed by atoms with Gasteiger partial charge in [0, 0.05) is 16.5 Å². The van der Waals surface area contributed by atoms with Crippen molar-refractivity contribution in [1.82, 2.24) is 5.32 Å². The standard InChI is InChI=1S/C13H18ClNO2S/c1-3-13(2,17)9-15-12(16)8-18-11-6-4-10(14)5-7-11/h4-7,17H,3,8-9H2,1-2H3,(H,15,16). The van der Waals surface area contributed by atoms with Gasteiger partial charge in [-0.1, -0.05) is 18.5 Å². The van der Waals surface area contributed by atoms with Crippen molar-refractivity contribution in [3.63, 3.8) is 0 Å². The summed E-state index contributed by atoms with van der Waals surface area (Å²) in [4.78, 5) is 12.6. The summed E-state index contributed by atoms with van der Waals surface area (Å²) in [5.74, 6) is 0.255. The van der Waals surface area contributed by atoms with Crippen molar-refractivity contribution in [2.45, 2.75) is 30.8 Å². The van der Waals surface area contributed by atoms with Crippen molar-refractivity contribution in [2.75, 3.05) is 12.3 Å². The largest absolute Gasteiger partial charge is 0.388 e. The lowest BCUT2D eigenvalue weighted by molar-refractivity contribution is -0.119. The zero-order chi connectivity index (χ0) is 13.6. The van der Waals surface area contributed by atoms with Gasteiger partial charge in [0.15, 0.2) is 0 Å². The Bertz CT molecular complexity index is 392. The molecule has 0 radical (unpaired) electrons. The predicted octanol–water partition coefficient (Wildman–Crippen LogP) is 2.71. The third-order valence-corrected chi connectivity index (χ3v) is 3.88. The fourth-order valence-corrected chi connectivity index (χ4v) is 2.00. The second-order valence-corrected chi connectivity index (χ2v) is 5.86. The quantitative estimate of drug-likeness (QED) is 0.791. The molecule has 0 aliphatic rings. The molecule has 0 aliphatic heterocycles. The maximum atomic E-state index is 11.6. The van der Waals surface area contributed by atoms with E-state index in [0.717, 1.165) is 4.90 Å². The molecule has 1 atom stereocenters. The molecule has 0 saturated heterocycles. The van der Waals surface area contributed by atoms with E-state index < -0.39 is 5.60 Å². The average Bonchev–Trinajstić information content (AvgIpc) is 2.36. The molecule has 5 heteroatoms. The van der Waals surface area contributed by atoms with Gasteiger partial charge in [0.1, 0.15) is 0 Å². The number of nitrogens with one attached hydrogen (secondary N) is 1. The first-order valence-corrected chi connectivity index (χ1v) is 7.17. The number of hydrogen-bond acceptors (Lipinski definition) is 3. The number of thioether (sulfide) groups is 1. The smallest absolute Gasteiger partial charge is 0.230 e. The van der Waals surface area contributed by atoms with Crippen LogP contribution in [0.1, 0.15) is 20.3 Å². The van der Waals surface area contributed by atoms with E-state index in [4.69, 9.17) is 11.6 Å². The molecule has 1 aromatic carbocycles. The Morgan fingerprint density at radius 3 is 2.61 bits per heavy atom. The van der Waals surface area contributed by atoms with Crippen LogP contribution in [0.5, 0.6) is 0 Å². The third-order valence-electron chi connectivity index (χ3n) is 2.61. The molecule has 3 nitrogen and oxygen atoms in total. The van der Waals surface area contributed by atoms with Crippen molar-refractivity contribution in [3.05, 3.63) is 29.3 Å². The van der Waals surface area contributed by atoms with E-state index >= 15 is 0 Å². The summed E-state index contributed by atoms with van der Waals surface area (Å²) in [6.45, 7) is 3.87. The van der Waals surface area contributed by atoms with Crippen molar-refractivity contribution in [2.24, 2.45) is 0 Å². The molecule has 0 aromatic heterocycles.